The monoisotopic (exact) mass is 253 g/mol. The predicted octanol–water partition coefficient (Wildman–Crippen LogP) is 1.36. The van der Waals surface area contributed by atoms with Gasteiger partial charge in [-0.25, -0.2) is 4.39 Å². The molecule has 1 aliphatic rings. The van der Waals surface area contributed by atoms with Gasteiger partial charge in [-0.2, -0.15) is 0 Å². The van der Waals surface area contributed by atoms with E-state index in [-0.39, 0.29) is 23.7 Å². The molecule has 1 aromatic carbocycles. The summed E-state index contributed by atoms with van der Waals surface area (Å²) in [4.78, 5) is 11.5. The fraction of sp³-hybridized carbons (Fsp3) is 0.462. The molecule has 1 saturated heterocycles. The fourth-order valence-electron chi connectivity index (χ4n) is 1.62. The van der Waals surface area contributed by atoms with Gasteiger partial charge >= 0.3 is 0 Å². The van der Waals surface area contributed by atoms with Crippen LogP contribution in [0.15, 0.2) is 24.3 Å². The van der Waals surface area contributed by atoms with Crippen molar-refractivity contribution in [2.24, 2.45) is 5.41 Å². The normalized spacial score (nSPS) is 16.8. The van der Waals surface area contributed by atoms with Gasteiger partial charge in [0.25, 0.3) is 5.91 Å². The third-order valence-corrected chi connectivity index (χ3v) is 2.78. The van der Waals surface area contributed by atoms with Crippen molar-refractivity contribution in [1.82, 2.24) is 5.32 Å². The van der Waals surface area contributed by atoms with E-state index in [4.69, 9.17) is 9.47 Å². The smallest absolute Gasteiger partial charge is 0.257 e. The Morgan fingerprint density at radius 1 is 1.56 bits per heavy atom. The molecule has 0 atom stereocenters. The number of amides is 1. The molecule has 1 amide bonds. The first-order valence-corrected chi connectivity index (χ1v) is 5.80. The van der Waals surface area contributed by atoms with Gasteiger partial charge in [-0.1, -0.05) is 13.0 Å². The van der Waals surface area contributed by atoms with Crippen LogP contribution in [0.2, 0.25) is 0 Å². The van der Waals surface area contributed by atoms with Crippen LogP contribution >= 0.6 is 0 Å². The molecule has 0 saturated carbocycles. The van der Waals surface area contributed by atoms with Crippen LogP contribution in [-0.4, -0.2) is 32.3 Å². The number of nitrogens with one attached hydrogen (secondary N) is 1. The molecule has 0 aromatic heterocycles. The second-order valence-corrected chi connectivity index (χ2v) is 4.83. The number of halogens is 1. The van der Waals surface area contributed by atoms with Gasteiger partial charge in [-0.05, 0) is 12.1 Å². The van der Waals surface area contributed by atoms with Crippen molar-refractivity contribution in [1.29, 1.82) is 0 Å². The lowest BCUT2D eigenvalue weighted by Gasteiger charge is -2.37. The summed E-state index contributed by atoms with van der Waals surface area (Å²) >= 11 is 0. The van der Waals surface area contributed by atoms with Gasteiger partial charge in [0.05, 0.1) is 13.2 Å². The second kappa shape index (κ2) is 5.35. The van der Waals surface area contributed by atoms with Gasteiger partial charge in [0.2, 0.25) is 0 Å². The van der Waals surface area contributed by atoms with Crippen LogP contribution in [0.1, 0.15) is 6.92 Å². The van der Waals surface area contributed by atoms with Gasteiger partial charge in [0.15, 0.2) is 6.61 Å². The molecule has 0 bridgehead atoms. The highest BCUT2D eigenvalue weighted by molar-refractivity contribution is 5.77. The Hall–Kier alpha value is -1.62. The van der Waals surface area contributed by atoms with Crippen LogP contribution in [0.3, 0.4) is 0 Å². The minimum absolute atomic E-state index is 0.0362. The molecule has 0 aliphatic carbocycles. The number of carbonyl (C=O) groups is 1. The zero-order chi connectivity index (χ0) is 13.0. The van der Waals surface area contributed by atoms with Crippen molar-refractivity contribution in [3.63, 3.8) is 0 Å². The summed E-state index contributed by atoms with van der Waals surface area (Å²) < 4.78 is 23.1. The molecule has 98 valence electrons. The summed E-state index contributed by atoms with van der Waals surface area (Å²) in [6, 6.07) is 5.71. The molecular formula is C13H16FNO3. The maximum atomic E-state index is 12.9. The number of hydrogen-bond acceptors (Lipinski definition) is 3. The van der Waals surface area contributed by atoms with Gasteiger partial charge in [-0.15, -0.1) is 0 Å². The van der Waals surface area contributed by atoms with Crippen LogP contribution in [0.25, 0.3) is 0 Å². The summed E-state index contributed by atoms with van der Waals surface area (Å²) in [6.45, 7) is 3.83. The molecule has 1 N–H and O–H groups in total. The molecule has 1 aromatic rings. The van der Waals surface area contributed by atoms with Crippen molar-refractivity contribution in [3.05, 3.63) is 30.1 Å². The van der Waals surface area contributed by atoms with Crippen molar-refractivity contribution in [3.8, 4) is 5.75 Å². The summed E-state index contributed by atoms with van der Waals surface area (Å²) in [6.07, 6.45) is 0. The zero-order valence-electron chi connectivity index (χ0n) is 10.2. The third kappa shape index (κ3) is 3.43. The highest BCUT2D eigenvalue weighted by Gasteiger charge is 2.33. The zero-order valence-corrected chi connectivity index (χ0v) is 10.2. The molecule has 0 spiro atoms. The fourth-order valence-corrected chi connectivity index (χ4v) is 1.62. The molecule has 0 radical (unpaired) electrons. The molecular weight excluding hydrogens is 237 g/mol. The summed E-state index contributed by atoms with van der Waals surface area (Å²) in [5.74, 6) is -0.247. The van der Waals surface area contributed by atoms with Crippen molar-refractivity contribution < 1.29 is 18.7 Å². The van der Waals surface area contributed by atoms with E-state index in [9.17, 15) is 9.18 Å². The number of ether oxygens (including phenoxy) is 2. The standard InChI is InChI=1S/C13H16FNO3/c1-13(8-17-9-13)7-15-12(16)6-18-11-4-2-3-10(14)5-11/h2-5H,6-9H2,1H3,(H,15,16). The second-order valence-electron chi connectivity index (χ2n) is 4.83. The minimum atomic E-state index is -0.382. The van der Waals surface area contributed by atoms with Gasteiger partial charge in [-0.3, -0.25) is 4.79 Å². The van der Waals surface area contributed by atoms with E-state index in [1.54, 1.807) is 6.07 Å². The molecule has 5 heteroatoms. The van der Waals surface area contributed by atoms with E-state index in [0.29, 0.717) is 25.5 Å². The first kappa shape index (κ1) is 12.8. The predicted molar refractivity (Wildman–Crippen MR) is 63.8 cm³/mol. The molecule has 18 heavy (non-hydrogen) atoms. The Labute approximate surface area is 105 Å². The van der Waals surface area contributed by atoms with Gasteiger partial charge < -0.3 is 14.8 Å². The molecule has 2 rings (SSSR count). The SMILES string of the molecule is CC1(CNC(=O)COc2cccc(F)c2)COC1. The van der Waals surface area contributed by atoms with E-state index in [1.165, 1.54) is 18.2 Å². The highest BCUT2D eigenvalue weighted by Crippen LogP contribution is 2.24. The Morgan fingerprint density at radius 3 is 2.94 bits per heavy atom. The van der Waals surface area contributed by atoms with E-state index in [0.717, 1.165) is 0 Å². The summed E-state index contributed by atoms with van der Waals surface area (Å²) in [5, 5.41) is 2.77. The van der Waals surface area contributed by atoms with Gasteiger partial charge in [0, 0.05) is 18.0 Å². The number of rotatable bonds is 5. The van der Waals surface area contributed by atoms with Crippen LogP contribution < -0.4 is 10.1 Å². The minimum Gasteiger partial charge on any atom is -0.484 e. The van der Waals surface area contributed by atoms with Gasteiger partial charge in [0.1, 0.15) is 11.6 Å². The Bertz CT molecular complexity index is 432. The first-order chi connectivity index (χ1) is 8.57. The average Bonchev–Trinajstić information content (AvgIpc) is 2.31. The highest BCUT2D eigenvalue weighted by atomic mass is 19.1. The van der Waals surface area contributed by atoms with Crippen molar-refractivity contribution >= 4 is 5.91 Å². The summed E-state index contributed by atoms with van der Waals surface area (Å²) in [7, 11) is 0. The van der Waals surface area contributed by atoms with Crippen LogP contribution in [0, 0.1) is 11.2 Å². The Balaban J connectivity index is 1.71. The van der Waals surface area contributed by atoms with Crippen molar-refractivity contribution in [2.75, 3.05) is 26.4 Å². The Morgan fingerprint density at radius 2 is 2.33 bits per heavy atom. The lowest BCUT2D eigenvalue weighted by Crippen LogP contribution is -2.49. The van der Waals surface area contributed by atoms with E-state index >= 15 is 0 Å². The van der Waals surface area contributed by atoms with Crippen molar-refractivity contribution in [2.45, 2.75) is 6.92 Å². The van der Waals surface area contributed by atoms with Crippen LogP contribution in [-0.2, 0) is 9.53 Å². The van der Waals surface area contributed by atoms with Crippen LogP contribution in [0.4, 0.5) is 4.39 Å². The van der Waals surface area contributed by atoms with E-state index in [1.807, 2.05) is 6.92 Å². The lowest BCUT2D eigenvalue weighted by atomic mass is 9.89. The summed E-state index contributed by atoms with van der Waals surface area (Å²) in [5.41, 5.74) is 0.0362. The molecule has 1 aliphatic heterocycles. The molecule has 1 fully saturated rings. The third-order valence-electron chi connectivity index (χ3n) is 2.78. The molecule has 0 unspecified atom stereocenters. The Kier molecular flexibility index (Phi) is 3.81. The topological polar surface area (TPSA) is 47.6 Å². The average molecular weight is 253 g/mol. The van der Waals surface area contributed by atoms with Crippen LogP contribution in [0.5, 0.6) is 5.75 Å². The maximum Gasteiger partial charge on any atom is 0.257 e. The largest absolute Gasteiger partial charge is 0.484 e. The number of benzene rings is 1. The first-order valence-electron chi connectivity index (χ1n) is 5.80. The molecule has 4 nitrogen and oxygen atoms in total. The van der Waals surface area contributed by atoms with E-state index in [2.05, 4.69) is 5.32 Å². The maximum absolute atomic E-state index is 12.9. The quantitative estimate of drug-likeness (QED) is 0.862. The number of hydrogen-bond donors (Lipinski definition) is 1. The van der Waals surface area contributed by atoms with E-state index < -0.39 is 0 Å². The lowest BCUT2D eigenvalue weighted by molar-refractivity contribution is -0.128. The molecule has 1 heterocycles. The number of carbonyl (C=O) groups excluding carboxylic acids is 1.